The fourth-order valence-corrected chi connectivity index (χ4v) is 4.77. The zero-order valence-electron chi connectivity index (χ0n) is 13.7. The number of imidazole rings is 1. The van der Waals surface area contributed by atoms with Gasteiger partial charge in [-0.05, 0) is 50.8 Å². The second-order valence-corrected chi connectivity index (χ2v) is 8.25. The summed E-state index contributed by atoms with van der Waals surface area (Å²) in [6, 6.07) is 2.33. The quantitative estimate of drug-likeness (QED) is 0.539. The maximum absolute atomic E-state index is 11.7. The standard InChI is InChI=1S/C16H19Br2N5O2/c17-11-9-12-14(15(13(11)18)23(24)25)20-16(21-7-5-19-6-8-21)22(12)10-3-1-2-4-10/h9-10,19H,1-8H2. The molecule has 1 saturated carbocycles. The molecule has 0 radical (unpaired) electrons. The van der Waals surface area contributed by atoms with Crippen molar-refractivity contribution in [1.29, 1.82) is 0 Å². The summed E-state index contributed by atoms with van der Waals surface area (Å²) in [6.45, 7) is 3.55. The van der Waals surface area contributed by atoms with Gasteiger partial charge in [0.2, 0.25) is 5.95 Å². The predicted molar refractivity (Wildman–Crippen MR) is 104 cm³/mol. The summed E-state index contributed by atoms with van der Waals surface area (Å²) in [5, 5.41) is 15.0. The van der Waals surface area contributed by atoms with Crippen molar-refractivity contribution in [2.75, 3.05) is 31.1 Å². The summed E-state index contributed by atoms with van der Waals surface area (Å²) in [7, 11) is 0. The fraction of sp³-hybridized carbons (Fsp3) is 0.562. The first kappa shape index (κ1) is 17.2. The first-order chi connectivity index (χ1) is 12.1. The number of hydrogen-bond acceptors (Lipinski definition) is 5. The van der Waals surface area contributed by atoms with Crippen LogP contribution in [0.25, 0.3) is 11.0 Å². The number of rotatable bonds is 3. The van der Waals surface area contributed by atoms with Crippen molar-refractivity contribution >= 4 is 54.5 Å². The van der Waals surface area contributed by atoms with Gasteiger partial charge >= 0.3 is 5.69 Å². The minimum Gasteiger partial charge on any atom is -0.340 e. The molecule has 1 N–H and O–H groups in total. The lowest BCUT2D eigenvalue weighted by Crippen LogP contribution is -2.44. The molecule has 9 heteroatoms. The number of nitrogens with one attached hydrogen (secondary N) is 1. The van der Waals surface area contributed by atoms with E-state index in [1.165, 1.54) is 12.8 Å². The van der Waals surface area contributed by atoms with E-state index in [0.29, 0.717) is 20.5 Å². The van der Waals surface area contributed by atoms with E-state index in [4.69, 9.17) is 4.98 Å². The molecule has 1 aromatic heterocycles. The third-order valence-corrected chi connectivity index (χ3v) is 7.07. The van der Waals surface area contributed by atoms with Crippen molar-refractivity contribution in [3.63, 3.8) is 0 Å². The molecule has 7 nitrogen and oxygen atoms in total. The monoisotopic (exact) mass is 471 g/mol. The van der Waals surface area contributed by atoms with Gasteiger partial charge in [0.1, 0.15) is 4.47 Å². The van der Waals surface area contributed by atoms with Gasteiger partial charge in [0.05, 0.1) is 10.4 Å². The van der Waals surface area contributed by atoms with Crippen LogP contribution in [-0.4, -0.2) is 40.7 Å². The molecule has 4 rings (SSSR count). The number of benzene rings is 1. The van der Waals surface area contributed by atoms with Gasteiger partial charge in [0, 0.05) is 36.7 Å². The molecular weight excluding hydrogens is 454 g/mol. The van der Waals surface area contributed by atoms with Crippen molar-refractivity contribution in [3.05, 3.63) is 25.1 Å². The van der Waals surface area contributed by atoms with Gasteiger partial charge in [0.15, 0.2) is 5.52 Å². The van der Waals surface area contributed by atoms with E-state index in [1.807, 2.05) is 6.07 Å². The Bertz CT molecular complexity index is 826. The maximum Gasteiger partial charge on any atom is 0.312 e. The molecule has 2 heterocycles. The first-order valence-corrected chi connectivity index (χ1v) is 10.2. The SMILES string of the molecule is O=[N+]([O-])c1c(Br)c(Br)cc2c1nc(N1CCNCC1)n2C1CCCC1. The van der Waals surface area contributed by atoms with Crippen LogP contribution in [0.2, 0.25) is 0 Å². The summed E-state index contributed by atoms with van der Waals surface area (Å²) in [6.07, 6.45) is 4.61. The Morgan fingerprint density at radius 1 is 1.24 bits per heavy atom. The Hall–Kier alpha value is -1.19. The molecule has 1 aliphatic carbocycles. The third kappa shape index (κ3) is 2.96. The molecule has 2 aliphatic rings. The number of nitrogens with zero attached hydrogens (tertiary/aromatic N) is 4. The Balaban J connectivity index is 1.97. The van der Waals surface area contributed by atoms with Crippen LogP contribution < -0.4 is 10.2 Å². The van der Waals surface area contributed by atoms with Gasteiger partial charge in [-0.3, -0.25) is 10.1 Å². The number of aromatic nitrogens is 2. The van der Waals surface area contributed by atoms with Crippen LogP contribution in [0.3, 0.4) is 0 Å². The molecule has 0 bridgehead atoms. The second-order valence-electron chi connectivity index (χ2n) is 6.60. The van der Waals surface area contributed by atoms with Crippen LogP contribution in [-0.2, 0) is 0 Å². The van der Waals surface area contributed by atoms with Crippen molar-refractivity contribution in [3.8, 4) is 0 Å². The number of nitro groups is 1. The summed E-state index contributed by atoms with van der Waals surface area (Å²) < 4.78 is 3.39. The Morgan fingerprint density at radius 3 is 2.56 bits per heavy atom. The zero-order chi connectivity index (χ0) is 17.6. The molecule has 2 fully saturated rings. The van der Waals surface area contributed by atoms with E-state index in [-0.39, 0.29) is 10.6 Å². The number of halogens is 2. The van der Waals surface area contributed by atoms with Crippen molar-refractivity contribution in [1.82, 2.24) is 14.9 Å². The highest BCUT2D eigenvalue weighted by molar-refractivity contribution is 9.13. The van der Waals surface area contributed by atoms with Gasteiger partial charge in [-0.1, -0.05) is 12.8 Å². The summed E-state index contributed by atoms with van der Waals surface area (Å²) >= 11 is 6.82. The molecule has 25 heavy (non-hydrogen) atoms. The van der Waals surface area contributed by atoms with Gasteiger partial charge in [0.25, 0.3) is 0 Å². The van der Waals surface area contributed by atoms with Gasteiger partial charge in [-0.25, -0.2) is 4.98 Å². The van der Waals surface area contributed by atoms with Gasteiger partial charge < -0.3 is 14.8 Å². The van der Waals surface area contributed by atoms with E-state index >= 15 is 0 Å². The highest BCUT2D eigenvalue weighted by atomic mass is 79.9. The molecule has 1 saturated heterocycles. The Labute approximate surface area is 162 Å². The molecule has 0 atom stereocenters. The van der Waals surface area contributed by atoms with Gasteiger partial charge in [-0.15, -0.1) is 0 Å². The molecule has 1 aromatic carbocycles. The van der Waals surface area contributed by atoms with Crippen LogP contribution >= 0.6 is 31.9 Å². The first-order valence-electron chi connectivity index (χ1n) is 8.58. The average Bonchev–Trinajstić information content (AvgIpc) is 3.23. The third-order valence-electron chi connectivity index (χ3n) is 5.11. The van der Waals surface area contributed by atoms with E-state index < -0.39 is 0 Å². The molecule has 0 amide bonds. The smallest absolute Gasteiger partial charge is 0.312 e. The summed E-state index contributed by atoms with van der Waals surface area (Å²) in [5.74, 6) is 0.872. The number of nitro benzene ring substituents is 1. The highest BCUT2D eigenvalue weighted by Crippen LogP contribution is 2.43. The molecular formula is C16H19Br2N5O2. The Morgan fingerprint density at radius 2 is 1.92 bits per heavy atom. The van der Waals surface area contributed by atoms with Crippen LogP contribution in [0.15, 0.2) is 15.0 Å². The van der Waals surface area contributed by atoms with Crippen LogP contribution in [0.5, 0.6) is 0 Å². The van der Waals surface area contributed by atoms with E-state index in [0.717, 1.165) is 50.5 Å². The number of anilines is 1. The normalized spacial score (nSPS) is 19.0. The van der Waals surface area contributed by atoms with Crippen LogP contribution in [0.4, 0.5) is 11.6 Å². The van der Waals surface area contributed by atoms with Crippen LogP contribution in [0, 0.1) is 10.1 Å². The topological polar surface area (TPSA) is 76.2 Å². The van der Waals surface area contributed by atoms with E-state index in [2.05, 4.69) is 46.6 Å². The van der Waals surface area contributed by atoms with Gasteiger partial charge in [-0.2, -0.15) is 0 Å². The summed E-state index contributed by atoms with van der Waals surface area (Å²) in [4.78, 5) is 18.4. The van der Waals surface area contributed by atoms with E-state index in [1.54, 1.807) is 0 Å². The molecule has 134 valence electrons. The minimum absolute atomic E-state index is 0.0394. The average molecular weight is 473 g/mol. The highest BCUT2D eigenvalue weighted by Gasteiger charge is 2.31. The van der Waals surface area contributed by atoms with Crippen molar-refractivity contribution < 1.29 is 4.92 Å². The molecule has 1 aliphatic heterocycles. The zero-order valence-corrected chi connectivity index (χ0v) is 16.8. The fourth-order valence-electron chi connectivity index (χ4n) is 3.92. The molecule has 0 unspecified atom stereocenters. The number of fused-ring (bicyclic) bond motifs is 1. The second kappa shape index (κ2) is 6.85. The Kier molecular flexibility index (Phi) is 4.72. The van der Waals surface area contributed by atoms with E-state index in [9.17, 15) is 10.1 Å². The molecule has 0 spiro atoms. The largest absolute Gasteiger partial charge is 0.340 e. The number of piperazine rings is 1. The minimum atomic E-state index is -0.343. The van der Waals surface area contributed by atoms with Crippen molar-refractivity contribution in [2.45, 2.75) is 31.7 Å². The lowest BCUT2D eigenvalue weighted by Gasteiger charge is -2.30. The molecule has 2 aromatic rings. The summed E-state index contributed by atoms with van der Waals surface area (Å²) in [5.41, 5.74) is 1.36. The van der Waals surface area contributed by atoms with Crippen LogP contribution in [0.1, 0.15) is 31.7 Å². The number of hydrogen-bond donors (Lipinski definition) is 1. The lowest BCUT2D eigenvalue weighted by molar-refractivity contribution is -0.384. The maximum atomic E-state index is 11.7. The predicted octanol–water partition coefficient (Wildman–Crippen LogP) is 3.99. The van der Waals surface area contributed by atoms with Crippen molar-refractivity contribution in [2.24, 2.45) is 0 Å². The lowest BCUT2D eigenvalue weighted by atomic mass is 10.2.